The van der Waals surface area contributed by atoms with Crippen molar-refractivity contribution in [1.82, 2.24) is 15.5 Å². The van der Waals surface area contributed by atoms with E-state index in [1.54, 1.807) is 0 Å². The molecule has 0 radical (unpaired) electrons. The van der Waals surface area contributed by atoms with Gasteiger partial charge in [-0.05, 0) is 78.6 Å². The molecule has 1 unspecified atom stereocenters. The molecule has 2 aromatic carbocycles. The highest BCUT2D eigenvalue weighted by Gasteiger charge is 2.44. The Kier molecular flexibility index (Phi) is 8.85. The Balaban J connectivity index is 2.67. The molecule has 0 aromatic heterocycles. The van der Waals surface area contributed by atoms with E-state index in [9.17, 15) is 24.5 Å². The summed E-state index contributed by atoms with van der Waals surface area (Å²) in [5.41, 5.74) is -1.67. The number of amides is 3. The third kappa shape index (κ3) is 8.13. The predicted molar refractivity (Wildman–Crippen MR) is 142 cm³/mol. The Morgan fingerprint density at radius 2 is 1.35 bits per heavy atom. The van der Waals surface area contributed by atoms with Crippen LogP contribution in [0.4, 0.5) is 5.69 Å². The zero-order valence-electron chi connectivity index (χ0n) is 22.9. The predicted octanol–water partition coefficient (Wildman–Crippen LogP) is 4.52. The number of rotatable bonds is 8. The van der Waals surface area contributed by atoms with Gasteiger partial charge < -0.3 is 15.5 Å². The summed E-state index contributed by atoms with van der Waals surface area (Å²) in [5, 5.41) is 17.0. The minimum atomic E-state index is -1.51. The van der Waals surface area contributed by atoms with Gasteiger partial charge in [0.25, 0.3) is 5.69 Å². The quantitative estimate of drug-likeness (QED) is 0.307. The number of nitrogens with zero attached hydrogens (tertiary/aromatic N) is 2. The average molecular weight is 511 g/mol. The summed E-state index contributed by atoms with van der Waals surface area (Å²) in [6, 6.07) is 13.6. The third-order valence-corrected chi connectivity index (χ3v) is 5.53. The Morgan fingerprint density at radius 1 is 0.838 bits per heavy atom. The van der Waals surface area contributed by atoms with E-state index in [-0.39, 0.29) is 12.2 Å². The average Bonchev–Trinajstić information content (AvgIpc) is 2.76. The van der Waals surface area contributed by atoms with Crippen molar-refractivity contribution < 1.29 is 19.3 Å². The van der Waals surface area contributed by atoms with Crippen molar-refractivity contribution in [3.8, 4) is 0 Å². The van der Waals surface area contributed by atoms with Gasteiger partial charge in [-0.2, -0.15) is 0 Å². The van der Waals surface area contributed by atoms with Gasteiger partial charge in [-0.15, -0.1) is 0 Å². The Hall–Kier alpha value is -3.75. The van der Waals surface area contributed by atoms with Crippen molar-refractivity contribution >= 4 is 23.4 Å². The molecule has 9 heteroatoms. The van der Waals surface area contributed by atoms with Gasteiger partial charge in [0.2, 0.25) is 17.7 Å². The molecular weight excluding hydrogens is 472 g/mol. The first kappa shape index (κ1) is 29.5. The molecule has 3 amide bonds. The van der Waals surface area contributed by atoms with Crippen molar-refractivity contribution in [2.45, 2.75) is 79.1 Å². The molecule has 0 aliphatic carbocycles. The number of carbonyl (C=O) groups is 3. The number of carbonyl (C=O) groups excluding carboxylic acids is 3. The second-order valence-corrected chi connectivity index (χ2v) is 11.7. The smallest absolute Gasteiger partial charge is 0.269 e. The number of nitro benzene ring substituents is 1. The topological polar surface area (TPSA) is 122 Å². The Bertz CT molecular complexity index is 1130. The lowest BCUT2D eigenvalue weighted by molar-refractivity contribution is -0.384. The van der Waals surface area contributed by atoms with Gasteiger partial charge >= 0.3 is 0 Å². The summed E-state index contributed by atoms with van der Waals surface area (Å²) in [5.74, 6) is -1.48. The van der Waals surface area contributed by atoms with E-state index in [0.29, 0.717) is 5.56 Å². The first-order valence-electron chi connectivity index (χ1n) is 12.2. The van der Waals surface area contributed by atoms with Crippen molar-refractivity contribution in [2.75, 3.05) is 0 Å². The van der Waals surface area contributed by atoms with Crippen LogP contribution in [0.1, 0.15) is 72.6 Å². The van der Waals surface area contributed by atoms with Crippen LogP contribution in [-0.4, -0.2) is 38.6 Å². The highest BCUT2D eigenvalue weighted by atomic mass is 16.6. The van der Waals surface area contributed by atoms with Gasteiger partial charge in [-0.25, -0.2) is 0 Å². The molecule has 2 rings (SSSR count). The van der Waals surface area contributed by atoms with Gasteiger partial charge in [0, 0.05) is 29.8 Å². The van der Waals surface area contributed by atoms with Crippen molar-refractivity contribution in [1.29, 1.82) is 0 Å². The van der Waals surface area contributed by atoms with Crippen molar-refractivity contribution in [3.05, 3.63) is 75.8 Å². The first-order chi connectivity index (χ1) is 16.9. The molecule has 37 heavy (non-hydrogen) atoms. The lowest BCUT2D eigenvalue weighted by Crippen LogP contribution is -2.56. The third-order valence-electron chi connectivity index (χ3n) is 5.53. The Labute approximate surface area is 218 Å². The first-order valence-corrected chi connectivity index (χ1v) is 12.2. The van der Waals surface area contributed by atoms with Crippen LogP contribution >= 0.6 is 0 Å². The summed E-state index contributed by atoms with van der Waals surface area (Å²) in [6.07, 6.45) is 0. The van der Waals surface area contributed by atoms with E-state index in [0.717, 1.165) is 5.56 Å². The van der Waals surface area contributed by atoms with Crippen LogP contribution in [0, 0.1) is 15.5 Å². The number of hydrogen-bond donors (Lipinski definition) is 2. The fourth-order valence-corrected chi connectivity index (χ4v) is 3.70. The van der Waals surface area contributed by atoms with Crippen LogP contribution in [0.5, 0.6) is 0 Å². The van der Waals surface area contributed by atoms with E-state index >= 15 is 0 Å². The summed E-state index contributed by atoms with van der Waals surface area (Å²) in [4.78, 5) is 53.1. The number of nitro groups is 1. The molecule has 0 spiro atoms. The standard InChI is InChI=1S/C28H38N4O5/c1-26(2,3)29-23(33)22(20-14-16-21(17-15-20)32(36)37)31(18-19-12-10-9-11-13-19)25(35)28(7,8)24(34)30-27(4,5)6/h9-17,22H,18H2,1-8H3,(H,29,33)(H,30,34). The highest BCUT2D eigenvalue weighted by Crippen LogP contribution is 2.31. The molecule has 9 nitrogen and oxygen atoms in total. The van der Waals surface area contributed by atoms with Crippen LogP contribution in [0.15, 0.2) is 54.6 Å². The van der Waals surface area contributed by atoms with Gasteiger partial charge in [-0.3, -0.25) is 24.5 Å². The molecule has 0 fully saturated rings. The molecule has 0 aliphatic rings. The van der Waals surface area contributed by atoms with Crippen LogP contribution in [0.25, 0.3) is 0 Å². The van der Waals surface area contributed by atoms with E-state index in [1.807, 2.05) is 71.9 Å². The lowest BCUT2D eigenvalue weighted by Gasteiger charge is -2.38. The maximum absolute atomic E-state index is 14.1. The highest BCUT2D eigenvalue weighted by molar-refractivity contribution is 6.05. The van der Waals surface area contributed by atoms with Gasteiger partial charge in [0.15, 0.2) is 0 Å². The van der Waals surface area contributed by atoms with Crippen LogP contribution in [0.2, 0.25) is 0 Å². The Morgan fingerprint density at radius 3 is 1.81 bits per heavy atom. The lowest BCUT2D eigenvalue weighted by atomic mass is 9.87. The maximum atomic E-state index is 14.1. The maximum Gasteiger partial charge on any atom is 0.269 e. The van der Waals surface area contributed by atoms with Crippen molar-refractivity contribution in [3.63, 3.8) is 0 Å². The van der Waals surface area contributed by atoms with Crippen molar-refractivity contribution in [2.24, 2.45) is 5.41 Å². The molecular formula is C28H38N4O5. The molecule has 2 N–H and O–H groups in total. The number of benzene rings is 2. The summed E-state index contributed by atoms with van der Waals surface area (Å²) < 4.78 is 0. The SMILES string of the molecule is CC(C)(C)NC(=O)C(c1ccc([N+](=O)[O-])cc1)N(Cc1ccccc1)C(=O)C(C)(C)C(=O)NC(C)(C)C. The van der Waals surface area contributed by atoms with Crippen LogP contribution in [-0.2, 0) is 20.9 Å². The second-order valence-electron chi connectivity index (χ2n) is 11.7. The molecule has 200 valence electrons. The molecule has 1 atom stereocenters. The van der Waals surface area contributed by atoms with Crippen LogP contribution < -0.4 is 10.6 Å². The number of non-ortho nitro benzene ring substituents is 1. The molecule has 2 aromatic rings. The van der Waals surface area contributed by atoms with Gasteiger partial charge in [-0.1, -0.05) is 30.3 Å². The van der Waals surface area contributed by atoms with E-state index in [1.165, 1.54) is 43.0 Å². The zero-order chi connectivity index (χ0) is 28.2. The minimum Gasteiger partial charge on any atom is -0.351 e. The van der Waals surface area contributed by atoms with Gasteiger partial charge in [0.1, 0.15) is 11.5 Å². The number of nitrogens with one attached hydrogen (secondary N) is 2. The summed E-state index contributed by atoms with van der Waals surface area (Å²) in [7, 11) is 0. The summed E-state index contributed by atoms with van der Waals surface area (Å²) >= 11 is 0. The monoisotopic (exact) mass is 510 g/mol. The molecule has 0 heterocycles. The van der Waals surface area contributed by atoms with E-state index in [4.69, 9.17) is 0 Å². The molecule has 0 aliphatic heterocycles. The van der Waals surface area contributed by atoms with E-state index in [2.05, 4.69) is 10.6 Å². The van der Waals surface area contributed by atoms with Gasteiger partial charge in [0.05, 0.1) is 4.92 Å². The number of hydrogen-bond acceptors (Lipinski definition) is 5. The molecule has 0 saturated heterocycles. The summed E-state index contributed by atoms with van der Waals surface area (Å²) in [6.45, 7) is 14.0. The minimum absolute atomic E-state index is 0.0467. The normalized spacial score (nSPS) is 12.9. The fourth-order valence-electron chi connectivity index (χ4n) is 3.70. The second kappa shape index (κ2) is 11.1. The largest absolute Gasteiger partial charge is 0.351 e. The van der Waals surface area contributed by atoms with Crippen LogP contribution in [0.3, 0.4) is 0 Å². The zero-order valence-corrected chi connectivity index (χ0v) is 22.9. The van der Waals surface area contributed by atoms with E-state index < -0.39 is 45.2 Å². The molecule has 0 saturated carbocycles. The molecule has 0 bridgehead atoms. The fraction of sp³-hybridized carbons (Fsp3) is 0.464.